The molecule has 19 heavy (non-hydrogen) atoms. The molecule has 0 radical (unpaired) electrons. The molecule has 3 nitrogen and oxygen atoms in total. The Labute approximate surface area is 110 Å². The lowest BCUT2D eigenvalue weighted by molar-refractivity contribution is -0.117. The van der Waals surface area contributed by atoms with Crippen LogP contribution in [0, 0.1) is 17.1 Å². The molecule has 0 bridgehead atoms. The summed E-state index contributed by atoms with van der Waals surface area (Å²) in [6.07, 6.45) is 0.0512. The fourth-order valence-corrected chi connectivity index (χ4v) is 1.93. The van der Waals surface area contributed by atoms with Gasteiger partial charge in [-0.05, 0) is 23.3 Å². The molecule has 94 valence electrons. The first-order valence-electron chi connectivity index (χ1n) is 5.68. The second-order valence-electron chi connectivity index (χ2n) is 4.11. The average Bonchev–Trinajstić information content (AvgIpc) is 2.39. The van der Waals surface area contributed by atoms with Crippen LogP contribution in [-0.2, 0) is 11.2 Å². The zero-order valence-electron chi connectivity index (χ0n) is 10.1. The van der Waals surface area contributed by atoms with Gasteiger partial charge in [0.2, 0.25) is 5.91 Å². The molecule has 1 amide bonds. The van der Waals surface area contributed by atoms with Crippen LogP contribution in [0.4, 0.5) is 4.39 Å². The Morgan fingerprint density at radius 3 is 2.58 bits per heavy atom. The zero-order chi connectivity index (χ0) is 13.8. The molecule has 0 fully saturated rings. The molecule has 0 aliphatic rings. The molecule has 2 aromatic carbocycles. The van der Waals surface area contributed by atoms with Gasteiger partial charge in [-0.3, -0.25) is 4.79 Å². The SMILES string of the molecule is N#Cc1ccc(-c2ccccc2CC(N)=O)c(F)c1. The predicted octanol–water partition coefficient (Wildman–Crippen LogP) is 2.39. The number of benzene rings is 2. The number of hydrogen-bond donors (Lipinski definition) is 1. The van der Waals surface area contributed by atoms with Gasteiger partial charge in [-0.1, -0.05) is 30.3 Å². The molecule has 0 unspecified atom stereocenters. The lowest BCUT2D eigenvalue weighted by Gasteiger charge is -2.09. The van der Waals surface area contributed by atoms with Gasteiger partial charge in [-0.25, -0.2) is 4.39 Å². The fourth-order valence-electron chi connectivity index (χ4n) is 1.93. The van der Waals surface area contributed by atoms with E-state index in [0.29, 0.717) is 16.7 Å². The van der Waals surface area contributed by atoms with Gasteiger partial charge in [-0.15, -0.1) is 0 Å². The fraction of sp³-hybridized carbons (Fsp3) is 0.0667. The topological polar surface area (TPSA) is 66.9 Å². The third-order valence-electron chi connectivity index (χ3n) is 2.77. The van der Waals surface area contributed by atoms with Crippen molar-refractivity contribution in [1.29, 1.82) is 5.26 Å². The van der Waals surface area contributed by atoms with E-state index in [1.165, 1.54) is 12.1 Å². The Hall–Kier alpha value is -2.67. The normalized spacial score (nSPS) is 9.89. The van der Waals surface area contributed by atoms with Crippen molar-refractivity contribution in [2.24, 2.45) is 5.73 Å². The number of carbonyl (C=O) groups excluding carboxylic acids is 1. The van der Waals surface area contributed by atoms with Crippen LogP contribution in [-0.4, -0.2) is 5.91 Å². The number of primary amides is 1. The molecule has 0 aromatic heterocycles. The summed E-state index contributed by atoms with van der Waals surface area (Å²) < 4.78 is 14.0. The Kier molecular flexibility index (Phi) is 3.58. The number of amides is 1. The van der Waals surface area contributed by atoms with Crippen LogP contribution >= 0.6 is 0 Å². The molecule has 0 spiro atoms. The van der Waals surface area contributed by atoms with Gasteiger partial charge in [-0.2, -0.15) is 5.26 Å². The van der Waals surface area contributed by atoms with E-state index < -0.39 is 11.7 Å². The standard InChI is InChI=1S/C15H11FN2O/c16-14-7-10(9-17)5-6-13(14)12-4-2-1-3-11(12)8-15(18)19/h1-7H,8H2,(H2,18,19). The second kappa shape index (κ2) is 5.32. The first kappa shape index (κ1) is 12.8. The molecule has 0 atom stereocenters. The maximum absolute atomic E-state index is 14.0. The van der Waals surface area contributed by atoms with Gasteiger partial charge < -0.3 is 5.73 Å². The maximum atomic E-state index is 14.0. The van der Waals surface area contributed by atoms with Crippen molar-refractivity contribution in [3.63, 3.8) is 0 Å². The van der Waals surface area contributed by atoms with Crippen LogP contribution in [0.25, 0.3) is 11.1 Å². The molecule has 0 saturated heterocycles. The van der Waals surface area contributed by atoms with Crippen molar-refractivity contribution in [3.8, 4) is 17.2 Å². The molecule has 0 aliphatic heterocycles. The summed E-state index contributed by atoms with van der Waals surface area (Å²) in [4.78, 5) is 11.0. The van der Waals surface area contributed by atoms with E-state index >= 15 is 0 Å². The Morgan fingerprint density at radius 1 is 1.21 bits per heavy atom. The number of nitrogens with zero attached hydrogens (tertiary/aromatic N) is 1. The quantitative estimate of drug-likeness (QED) is 0.913. The van der Waals surface area contributed by atoms with Crippen LogP contribution < -0.4 is 5.73 Å². The van der Waals surface area contributed by atoms with Crippen molar-refractivity contribution < 1.29 is 9.18 Å². The lowest BCUT2D eigenvalue weighted by atomic mass is 9.96. The van der Waals surface area contributed by atoms with Gasteiger partial charge in [0, 0.05) is 5.56 Å². The van der Waals surface area contributed by atoms with E-state index in [1.54, 1.807) is 30.3 Å². The minimum atomic E-state index is -0.490. The van der Waals surface area contributed by atoms with Crippen LogP contribution in [0.5, 0.6) is 0 Å². The molecule has 0 heterocycles. The summed E-state index contributed by atoms with van der Waals surface area (Å²) in [5.41, 5.74) is 7.07. The number of hydrogen-bond acceptors (Lipinski definition) is 2. The molecule has 4 heteroatoms. The van der Waals surface area contributed by atoms with Crippen LogP contribution in [0.2, 0.25) is 0 Å². The van der Waals surface area contributed by atoms with E-state index in [2.05, 4.69) is 0 Å². The maximum Gasteiger partial charge on any atom is 0.221 e. The summed E-state index contributed by atoms with van der Waals surface area (Å²) in [5, 5.41) is 8.72. The van der Waals surface area contributed by atoms with Gasteiger partial charge in [0.25, 0.3) is 0 Å². The Balaban J connectivity index is 2.53. The highest BCUT2D eigenvalue weighted by molar-refractivity contribution is 5.80. The number of nitrogens with two attached hydrogens (primary N) is 1. The molecule has 2 N–H and O–H groups in total. The number of halogens is 1. The molecule has 2 aromatic rings. The highest BCUT2D eigenvalue weighted by Gasteiger charge is 2.11. The largest absolute Gasteiger partial charge is 0.369 e. The number of rotatable bonds is 3. The summed E-state index contributed by atoms with van der Waals surface area (Å²) in [7, 11) is 0. The third-order valence-corrected chi connectivity index (χ3v) is 2.77. The summed E-state index contributed by atoms with van der Waals surface area (Å²) in [6.45, 7) is 0. The Bertz CT molecular complexity index is 674. The predicted molar refractivity (Wildman–Crippen MR) is 69.4 cm³/mol. The molecule has 2 rings (SSSR count). The minimum Gasteiger partial charge on any atom is -0.369 e. The van der Waals surface area contributed by atoms with E-state index in [1.807, 2.05) is 6.07 Å². The van der Waals surface area contributed by atoms with Gasteiger partial charge in [0.1, 0.15) is 5.82 Å². The summed E-state index contributed by atoms with van der Waals surface area (Å²) in [6, 6.07) is 13.1. The molecular weight excluding hydrogens is 243 g/mol. The molecule has 0 aliphatic carbocycles. The second-order valence-corrected chi connectivity index (χ2v) is 4.11. The van der Waals surface area contributed by atoms with Crippen molar-refractivity contribution in [2.75, 3.05) is 0 Å². The van der Waals surface area contributed by atoms with E-state index in [0.717, 1.165) is 0 Å². The van der Waals surface area contributed by atoms with Crippen molar-refractivity contribution in [2.45, 2.75) is 6.42 Å². The average molecular weight is 254 g/mol. The van der Waals surface area contributed by atoms with E-state index in [4.69, 9.17) is 11.0 Å². The highest BCUT2D eigenvalue weighted by atomic mass is 19.1. The zero-order valence-corrected chi connectivity index (χ0v) is 10.1. The molecule has 0 saturated carbocycles. The van der Waals surface area contributed by atoms with Crippen LogP contribution in [0.3, 0.4) is 0 Å². The first-order valence-corrected chi connectivity index (χ1v) is 5.68. The number of nitriles is 1. The van der Waals surface area contributed by atoms with Crippen LogP contribution in [0.15, 0.2) is 42.5 Å². The van der Waals surface area contributed by atoms with Crippen molar-refractivity contribution in [1.82, 2.24) is 0 Å². The minimum absolute atomic E-state index is 0.0512. The van der Waals surface area contributed by atoms with Crippen LogP contribution in [0.1, 0.15) is 11.1 Å². The highest BCUT2D eigenvalue weighted by Crippen LogP contribution is 2.27. The van der Waals surface area contributed by atoms with E-state index in [-0.39, 0.29) is 12.0 Å². The van der Waals surface area contributed by atoms with Gasteiger partial charge >= 0.3 is 0 Å². The summed E-state index contributed by atoms with van der Waals surface area (Å²) in [5.74, 6) is -0.961. The molecular formula is C15H11FN2O. The lowest BCUT2D eigenvalue weighted by Crippen LogP contribution is -2.14. The van der Waals surface area contributed by atoms with Crippen molar-refractivity contribution >= 4 is 5.91 Å². The van der Waals surface area contributed by atoms with Gasteiger partial charge in [0.05, 0.1) is 18.1 Å². The summed E-state index contributed by atoms with van der Waals surface area (Å²) >= 11 is 0. The van der Waals surface area contributed by atoms with E-state index in [9.17, 15) is 9.18 Å². The third kappa shape index (κ3) is 2.78. The number of carbonyl (C=O) groups is 1. The Morgan fingerprint density at radius 2 is 1.95 bits per heavy atom. The first-order chi connectivity index (χ1) is 9.11. The smallest absolute Gasteiger partial charge is 0.221 e. The van der Waals surface area contributed by atoms with Crippen molar-refractivity contribution in [3.05, 3.63) is 59.4 Å². The monoisotopic (exact) mass is 254 g/mol. The van der Waals surface area contributed by atoms with Gasteiger partial charge in [0.15, 0.2) is 0 Å².